The Morgan fingerprint density at radius 1 is 0.960 bits per heavy atom. The second-order valence-corrected chi connectivity index (χ2v) is 7.19. The average molecular weight is 413 g/mol. The first-order valence-corrected chi connectivity index (χ1v) is 9.05. The van der Waals surface area contributed by atoms with Gasteiger partial charge in [0.1, 0.15) is 11.0 Å². The number of rotatable bonds is 4. The molecule has 0 amide bonds. The van der Waals surface area contributed by atoms with E-state index in [1.807, 2.05) is 48.5 Å². The highest BCUT2D eigenvalue weighted by Crippen LogP contribution is 2.33. The second kappa shape index (κ2) is 6.66. The number of nitrogens with zero attached hydrogens (tertiary/aromatic N) is 3. The van der Waals surface area contributed by atoms with Crippen molar-refractivity contribution in [2.45, 2.75) is 0 Å². The topological polar surface area (TPSA) is 88.8 Å². The van der Waals surface area contributed by atoms with Crippen LogP contribution in [0.5, 0.6) is 0 Å². The zero-order chi connectivity index (χ0) is 17.2. The van der Waals surface area contributed by atoms with E-state index < -0.39 is 0 Å². The predicted octanol–water partition coefficient (Wildman–Crippen LogP) is 4.92. The third-order valence-corrected chi connectivity index (χ3v) is 4.90. The lowest BCUT2D eigenvalue weighted by atomic mass is 10.3. The lowest BCUT2D eigenvalue weighted by Gasteiger charge is -2.05. The molecule has 124 valence electrons. The van der Waals surface area contributed by atoms with E-state index in [0.717, 1.165) is 37.2 Å². The Morgan fingerprint density at radius 3 is 2.60 bits per heavy atom. The lowest BCUT2D eigenvalue weighted by molar-refractivity contribution is 1.20. The number of fused-ring (bicyclic) bond motifs is 1. The summed E-state index contributed by atoms with van der Waals surface area (Å²) in [5.74, 6) is 0.728. The van der Waals surface area contributed by atoms with Gasteiger partial charge in [0, 0.05) is 21.5 Å². The summed E-state index contributed by atoms with van der Waals surface area (Å²) in [4.78, 5) is 13.1. The summed E-state index contributed by atoms with van der Waals surface area (Å²) < 4.78 is 1.89. The summed E-state index contributed by atoms with van der Waals surface area (Å²) in [6.45, 7) is 0. The monoisotopic (exact) mass is 412 g/mol. The first-order chi connectivity index (χ1) is 12.2. The number of nitrogens with one attached hydrogen (secondary N) is 2. The zero-order valence-corrected chi connectivity index (χ0v) is 15.3. The van der Waals surface area contributed by atoms with Crippen molar-refractivity contribution in [3.8, 4) is 0 Å². The van der Waals surface area contributed by atoms with Crippen molar-refractivity contribution in [3.05, 3.63) is 59.3 Å². The van der Waals surface area contributed by atoms with E-state index in [2.05, 4.69) is 41.5 Å². The van der Waals surface area contributed by atoms with Gasteiger partial charge in [-0.1, -0.05) is 33.3 Å². The van der Waals surface area contributed by atoms with Crippen molar-refractivity contribution in [3.63, 3.8) is 0 Å². The molecule has 0 aliphatic rings. The molecule has 0 radical (unpaired) electrons. The molecule has 0 aliphatic heterocycles. The van der Waals surface area contributed by atoms with Crippen LogP contribution in [0.2, 0.25) is 0 Å². The number of aromatic nitrogens is 3. The first kappa shape index (κ1) is 15.8. The van der Waals surface area contributed by atoms with Crippen molar-refractivity contribution in [1.82, 2.24) is 15.0 Å². The molecule has 0 aliphatic carbocycles. The average Bonchev–Trinajstić information content (AvgIpc) is 3.01. The minimum atomic E-state index is 0.649. The standard InChI is InChI=1S/C17H13BrN6S/c18-10-2-1-3-13(8-10)22-15-14-16(21-9-20-15)24-17(25-14)23-12-6-4-11(19)5-7-12/h1-9H,19H2,(H2,20,21,22,23,24). The Balaban J connectivity index is 1.65. The molecule has 0 fully saturated rings. The number of hydrogen-bond acceptors (Lipinski definition) is 7. The van der Waals surface area contributed by atoms with Gasteiger partial charge in [-0.15, -0.1) is 0 Å². The third-order valence-electron chi connectivity index (χ3n) is 3.44. The lowest BCUT2D eigenvalue weighted by Crippen LogP contribution is -1.94. The molecule has 0 spiro atoms. The van der Waals surface area contributed by atoms with Gasteiger partial charge in [0.25, 0.3) is 0 Å². The van der Waals surface area contributed by atoms with E-state index in [9.17, 15) is 0 Å². The largest absolute Gasteiger partial charge is 0.399 e. The van der Waals surface area contributed by atoms with Crippen LogP contribution >= 0.6 is 27.3 Å². The van der Waals surface area contributed by atoms with Crippen LogP contribution in [0.1, 0.15) is 0 Å². The molecule has 2 heterocycles. The molecule has 4 rings (SSSR count). The van der Waals surface area contributed by atoms with Gasteiger partial charge in [-0.25, -0.2) is 9.97 Å². The Kier molecular flexibility index (Phi) is 4.21. The molecular weight excluding hydrogens is 400 g/mol. The Bertz CT molecular complexity index is 1030. The highest BCUT2D eigenvalue weighted by Gasteiger charge is 2.11. The maximum atomic E-state index is 5.71. The Morgan fingerprint density at radius 2 is 1.80 bits per heavy atom. The summed E-state index contributed by atoms with van der Waals surface area (Å²) in [6.07, 6.45) is 1.51. The van der Waals surface area contributed by atoms with Crippen LogP contribution in [0.3, 0.4) is 0 Å². The molecule has 25 heavy (non-hydrogen) atoms. The molecule has 4 aromatic rings. The van der Waals surface area contributed by atoms with Crippen LogP contribution < -0.4 is 16.4 Å². The molecule has 6 nitrogen and oxygen atoms in total. The molecule has 0 saturated carbocycles. The molecule has 2 aromatic carbocycles. The third kappa shape index (κ3) is 3.54. The van der Waals surface area contributed by atoms with Gasteiger partial charge in [0.15, 0.2) is 16.6 Å². The van der Waals surface area contributed by atoms with Gasteiger partial charge in [-0.05, 0) is 42.5 Å². The van der Waals surface area contributed by atoms with E-state index in [0.29, 0.717) is 5.65 Å². The molecule has 2 aromatic heterocycles. The molecular formula is C17H13BrN6S. The molecule has 8 heteroatoms. The molecule has 0 bridgehead atoms. The highest BCUT2D eigenvalue weighted by atomic mass is 79.9. The predicted molar refractivity (Wildman–Crippen MR) is 107 cm³/mol. The number of nitrogen functional groups attached to an aromatic ring is 1. The van der Waals surface area contributed by atoms with E-state index >= 15 is 0 Å². The number of anilines is 5. The Hall–Kier alpha value is -2.71. The fraction of sp³-hybridized carbons (Fsp3) is 0. The molecule has 0 saturated heterocycles. The van der Waals surface area contributed by atoms with Crippen molar-refractivity contribution in [2.75, 3.05) is 16.4 Å². The smallest absolute Gasteiger partial charge is 0.189 e. The van der Waals surface area contributed by atoms with Gasteiger partial charge in [-0.2, -0.15) is 4.98 Å². The number of halogens is 1. The normalized spacial score (nSPS) is 10.8. The van der Waals surface area contributed by atoms with Crippen LogP contribution in [0.4, 0.5) is 28.0 Å². The van der Waals surface area contributed by atoms with Gasteiger partial charge >= 0.3 is 0 Å². The first-order valence-electron chi connectivity index (χ1n) is 7.44. The maximum absolute atomic E-state index is 5.71. The quantitative estimate of drug-likeness (QED) is 0.412. The van der Waals surface area contributed by atoms with Crippen LogP contribution in [-0.2, 0) is 0 Å². The molecule has 4 N–H and O–H groups in total. The summed E-state index contributed by atoms with van der Waals surface area (Å²) in [5, 5.41) is 7.33. The zero-order valence-electron chi connectivity index (χ0n) is 12.9. The van der Waals surface area contributed by atoms with E-state index in [4.69, 9.17) is 5.73 Å². The second-order valence-electron chi connectivity index (χ2n) is 5.28. The van der Waals surface area contributed by atoms with Crippen LogP contribution in [0.15, 0.2) is 59.3 Å². The van der Waals surface area contributed by atoms with Gasteiger partial charge in [0.2, 0.25) is 0 Å². The minimum Gasteiger partial charge on any atom is -0.399 e. The summed E-state index contributed by atoms with van der Waals surface area (Å²) in [7, 11) is 0. The molecule has 0 atom stereocenters. The van der Waals surface area contributed by atoms with E-state index in [1.165, 1.54) is 17.7 Å². The van der Waals surface area contributed by atoms with Crippen molar-refractivity contribution >= 4 is 65.6 Å². The van der Waals surface area contributed by atoms with Crippen molar-refractivity contribution < 1.29 is 0 Å². The SMILES string of the molecule is Nc1ccc(Nc2nc3ncnc(Nc4cccc(Br)c4)c3s2)cc1. The van der Waals surface area contributed by atoms with Crippen LogP contribution in [-0.4, -0.2) is 15.0 Å². The minimum absolute atomic E-state index is 0.649. The fourth-order valence-corrected chi connectivity index (χ4v) is 3.57. The van der Waals surface area contributed by atoms with Gasteiger partial charge in [0.05, 0.1) is 0 Å². The number of thiazole rings is 1. The summed E-state index contributed by atoms with van der Waals surface area (Å²) >= 11 is 4.96. The number of benzene rings is 2. The number of hydrogen-bond donors (Lipinski definition) is 3. The maximum Gasteiger partial charge on any atom is 0.189 e. The Labute approximate surface area is 156 Å². The van der Waals surface area contributed by atoms with Crippen LogP contribution in [0.25, 0.3) is 10.3 Å². The van der Waals surface area contributed by atoms with Gasteiger partial charge < -0.3 is 16.4 Å². The van der Waals surface area contributed by atoms with Crippen molar-refractivity contribution in [1.29, 1.82) is 0 Å². The molecule has 0 unspecified atom stereocenters. The van der Waals surface area contributed by atoms with Crippen LogP contribution in [0, 0.1) is 0 Å². The van der Waals surface area contributed by atoms with E-state index in [1.54, 1.807) is 0 Å². The summed E-state index contributed by atoms with van der Waals surface area (Å²) in [5.41, 5.74) is 8.95. The fourth-order valence-electron chi connectivity index (χ4n) is 2.29. The van der Waals surface area contributed by atoms with E-state index in [-0.39, 0.29) is 0 Å². The highest BCUT2D eigenvalue weighted by molar-refractivity contribution is 9.10. The van der Waals surface area contributed by atoms with Gasteiger partial charge in [-0.3, -0.25) is 0 Å². The summed E-state index contributed by atoms with van der Waals surface area (Å²) in [6, 6.07) is 15.4. The van der Waals surface area contributed by atoms with Crippen molar-refractivity contribution in [2.24, 2.45) is 0 Å². The number of nitrogens with two attached hydrogens (primary N) is 1.